The van der Waals surface area contributed by atoms with Crippen LogP contribution in [0.25, 0.3) is 0 Å². The molecule has 1 atom stereocenters. The van der Waals surface area contributed by atoms with Crippen molar-refractivity contribution in [1.82, 2.24) is 5.32 Å². The molecule has 1 unspecified atom stereocenters. The summed E-state index contributed by atoms with van der Waals surface area (Å²) in [6.45, 7) is 6.92. The van der Waals surface area contributed by atoms with E-state index in [-0.39, 0.29) is 17.6 Å². The Morgan fingerprint density at radius 1 is 1.41 bits per heavy atom. The number of hydrogen-bond donors (Lipinski definition) is 1. The molecule has 122 valence electrons. The normalized spacial score (nSPS) is 19.4. The van der Waals surface area contributed by atoms with Crippen LogP contribution in [0.3, 0.4) is 0 Å². The average molecular weight is 305 g/mol. The van der Waals surface area contributed by atoms with Crippen LogP contribution in [0.15, 0.2) is 18.2 Å². The van der Waals surface area contributed by atoms with Gasteiger partial charge in [0.05, 0.1) is 20.1 Å². The predicted molar refractivity (Wildman–Crippen MR) is 87.1 cm³/mol. The van der Waals surface area contributed by atoms with Crippen molar-refractivity contribution in [3.63, 3.8) is 0 Å². The van der Waals surface area contributed by atoms with Crippen molar-refractivity contribution in [3.8, 4) is 5.75 Å². The quantitative estimate of drug-likeness (QED) is 0.646. The summed E-state index contributed by atoms with van der Waals surface area (Å²) >= 11 is 0. The van der Waals surface area contributed by atoms with Crippen LogP contribution in [0.2, 0.25) is 0 Å². The highest BCUT2D eigenvalue weighted by Crippen LogP contribution is 2.34. The van der Waals surface area contributed by atoms with Crippen LogP contribution in [-0.4, -0.2) is 25.2 Å². The van der Waals surface area contributed by atoms with Crippen molar-refractivity contribution in [2.75, 3.05) is 13.7 Å². The zero-order valence-electron chi connectivity index (χ0n) is 14.1. The van der Waals surface area contributed by atoms with Crippen LogP contribution in [-0.2, 0) is 16.0 Å². The lowest BCUT2D eigenvalue weighted by Gasteiger charge is -2.38. The lowest BCUT2D eigenvalue weighted by molar-refractivity contribution is -0.144. The molecule has 0 amide bonds. The molecule has 0 fully saturated rings. The molecule has 4 heteroatoms. The lowest BCUT2D eigenvalue weighted by atomic mass is 9.82. The molecular weight excluding hydrogens is 278 g/mol. The molecule has 0 radical (unpaired) electrons. The van der Waals surface area contributed by atoms with Gasteiger partial charge in [0.1, 0.15) is 5.75 Å². The van der Waals surface area contributed by atoms with Crippen molar-refractivity contribution < 1.29 is 14.3 Å². The van der Waals surface area contributed by atoms with Gasteiger partial charge >= 0.3 is 5.97 Å². The third-order valence-corrected chi connectivity index (χ3v) is 4.06. The molecule has 1 N–H and O–H groups in total. The molecule has 0 aliphatic carbocycles. The molecule has 0 saturated heterocycles. The number of ether oxygens (including phenoxy) is 2. The Labute approximate surface area is 133 Å². The van der Waals surface area contributed by atoms with E-state index in [0.29, 0.717) is 13.0 Å². The van der Waals surface area contributed by atoms with Crippen LogP contribution in [0.4, 0.5) is 0 Å². The van der Waals surface area contributed by atoms with Gasteiger partial charge in [-0.2, -0.15) is 0 Å². The smallest absolute Gasteiger partial charge is 0.307 e. The number of carbonyl (C=O) groups is 1. The van der Waals surface area contributed by atoms with Crippen LogP contribution in [0, 0.1) is 0 Å². The molecule has 1 aromatic rings. The molecule has 4 nitrogen and oxygen atoms in total. The van der Waals surface area contributed by atoms with E-state index in [1.165, 1.54) is 5.56 Å². The molecule has 1 heterocycles. The van der Waals surface area contributed by atoms with Gasteiger partial charge in [-0.25, -0.2) is 0 Å². The summed E-state index contributed by atoms with van der Waals surface area (Å²) in [6.07, 6.45) is 3.24. The van der Waals surface area contributed by atoms with E-state index in [4.69, 9.17) is 9.47 Å². The van der Waals surface area contributed by atoms with Gasteiger partial charge in [0.25, 0.3) is 0 Å². The van der Waals surface area contributed by atoms with Gasteiger partial charge in [0.2, 0.25) is 0 Å². The van der Waals surface area contributed by atoms with Gasteiger partial charge in [-0.1, -0.05) is 19.4 Å². The van der Waals surface area contributed by atoms with Gasteiger partial charge in [-0.15, -0.1) is 0 Å². The minimum atomic E-state index is -0.141. The SMILES string of the molecule is CCCCOC(=O)CC1NC(C)(C)Cc2ccc(OC)cc21. The number of nitrogens with one attached hydrogen (secondary N) is 1. The lowest BCUT2D eigenvalue weighted by Crippen LogP contribution is -2.48. The summed E-state index contributed by atoms with van der Waals surface area (Å²) in [5.41, 5.74) is 2.39. The second kappa shape index (κ2) is 7.14. The van der Waals surface area contributed by atoms with Crippen LogP contribution in [0.1, 0.15) is 57.2 Å². The number of hydrogen-bond acceptors (Lipinski definition) is 4. The molecule has 1 aliphatic rings. The highest BCUT2D eigenvalue weighted by Gasteiger charge is 2.33. The van der Waals surface area contributed by atoms with E-state index in [1.807, 2.05) is 12.1 Å². The zero-order valence-corrected chi connectivity index (χ0v) is 14.1. The highest BCUT2D eigenvalue weighted by molar-refractivity contribution is 5.70. The molecule has 0 saturated carbocycles. The second-order valence-corrected chi connectivity index (χ2v) is 6.60. The summed E-state index contributed by atoms with van der Waals surface area (Å²) in [6, 6.07) is 6.09. The second-order valence-electron chi connectivity index (χ2n) is 6.60. The van der Waals surface area contributed by atoms with Crippen LogP contribution in [0.5, 0.6) is 5.75 Å². The summed E-state index contributed by atoms with van der Waals surface area (Å²) < 4.78 is 10.6. The number of benzene rings is 1. The summed E-state index contributed by atoms with van der Waals surface area (Å²) in [7, 11) is 1.66. The molecule has 0 spiro atoms. The Morgan fingerprint density at radius 2 is 2.18 bits per heavy atom. The largest absolute Gasteiger partial charge is 0.497 e. The minimum Gasteiger partial charge on any atom is -0.497 e. The number of fused-ring (bicyclic) bond motifs is 1. The number of carbonyl (C=O) groups excluding carboxylic acids is 1. The molecule has 0 bridgehead atoms. The molecule has 1 aromatic carbocycles. The van der Waals surface area contributed by atoms with Crippen molar-refractivity contribution in [1.29, 1.82) is 0 Å². The first-order valence-electron chi connectivity index (χ1n) is 8.05. The van der Waals surface area contributed by atoms with Gasteiger partial charge in [-0.3, -0.25) is 4.79 Å². The Hall–Kier alpha value is -1.55. The summed E-state index contributed by atoms with van der Waals surface area (Å²) in [5.74, 6) is 0.682. The van der Waals surface area contributed by atoms with Crippen molar-refractivity contribution >= 4 is 5.97 Å². The van der Waals surface area contributed by atoms with Crippen molar-refractivity contribution in [2.45, 2.75) is 58.0 Å². The number of methoxy groups -OCH3 is 1. The number of unbranched alkanes of at least 4 members (excludes halogenated alkanes) is 1. The van der Waals surface area contributed by atoms with Crippen molar-refractivity contribution in [2.24, 2.45) is 0 Å². The Balaban J connectivity index is 2.14. The highest BCUT2D eigenvalue weighted by atomic mass is 16.5. The number of rotatable bonds is 6. The van der Waals surface area contributed by atoms with Crippen LogP contribution < -0.4 is 10.1 Å². The van der Waals surface area contributed by atoms with E-state index in [1.54, 1.807) is 7.11 Å². The monoisotopic (exact) mass is 305 g/mol. The topological polar surface area (TPSA) is 47.6 Å². The maximum atomic E-state index is 12.1. The third-order valence-electron chi connectivity index (χ3n) is 4.06. The first-order chi connectivity index (χ1) is 10.4. The predicted octanol–water partition coefficient (Wildman–Crippen LogP) is 3.39. The van der Waals surface area contributed by atoms with E-state index in [2.05, 4.69) is 32.2 Å². The fourth-order valence-corrected chi connectivity index (χ4v) is 2.98. The maximum Gasteiger partial charge on any atom is 0.307 e. The van der Waals surface area contributed by atoms with Gasteiger partial charge in [-0.05, 0) is 49.9 Å². The van der Waals surface area contributed by atoms with Crippen molar-refractivity contribution in [3.05, 3.63) is 29.3 Å². The zero-order chi connectivity index (χ0) is 16.2. The summed E-state index contributed by atoms with van der Waals surface area (Å²) in [4.78, 5) is 12.1. The average Bonchev–Trinajstić information content (AvgIpc) is 2.46. The van der Waals surface area contributed by atoms with E-state index in [9.17, 15) is 4.79 Å². The van der Waals surface area contributed by atoms with E-state index < -0.39 is 0 Å². The van der Waals surface area contributed by atoms with Gasteiger partial charge in [0, 0.05) is 11.6 Å². The fraction of sp³-hybridized carbons (Fsp3) is 0.611. The fourth-order valence-electron chi connectivity index (χ4n) is 2.98. The van der Waals surface area contributed by atoms with Gasteiger partial charge in [0.15, 0.2) is 0 Å². The Bertz CT molecular complexity index is 525. The molecular formula is C18H27NO3. The van der Waals surface area contributed by atoms with Gasteiger partial charge < -0.3 is 14.8 Å². The number of esters is 1. The molecule has 0 aromatic heterocycles. The first-order valence-corrected chi connectivity index (χ1v) is 8.05. The standard InChI is InChI=1S/C18H27NO3/c1-5-6-9-22-17(20)11-16-15-10-14(21-4)8-7-13(15)12-18(2,3)19-16/h7-8,10,16,19H,5-6,9,11-12H2,1-4H3. The van der Waals surface area contributed by atoms with E-state index >= 15 is 0 Å². The maximum absolute atomic E-state index is 12.1. The Morgan fingerprint density at radius 3 is 2.86 bits per heavy atom. The molecule has 22 heavy (non-hydrogen) atoms. The van der Waals surface area contributed by atoms with E-state index in [0.717, 1.165) is 30.6 Å². The Kier molecular flexibility index (Phi) is 5.46. The minimum absolute atomic E-state index is 0.0250. The summed E-state index contributed by atoms with van der Waals surface area (Å²) in [5, 5.41) is 3.57. The molecule has 2 rings (SSSR count). The first kappa shape index (κ1) is 16.8. The third kappa shape index (κ3) is 4.23. The van der Waals surface area contributed by atoms with Crippen LogP contribution >= 0.6 is 0 Å². The molecule has 1 aliphatic heterocycles.